The lowest BCUT2D eigenvalue weighted by molar-refractivity contribution is 0.337. The fraction of sp³-hybridized carbons (Fsp3) is 0.800. The molecule has 0 bridgehead atoms. The number of hydrogen-bond donors (Lipinski definition) is 1. The summed E-state index contributed by atoms with van der Waals surface area (Å²) in [6.07, 6.45) is 3.31. The van der Waals surface area contributed by atoms with Crippen molar-refractivity contribution in [1.82, 2.24) is 24.6 Å². The highest BCUT2D eigenvalue weighted by Crippen LogP contribution is 2.38. The molecule has 0 saturated carbocycles. The van der Waals surface area contributed by atoms with Gasteiger partial charge >= 0.3 is 0 Å². The van der Waals surface area contributed by atoms with Crippen LogP contribution < -0.4 is 5.32 Å². The van der Waals surface area contributed by atoms with Crippen LogP contribution in [0.1, 0.15) is 12.8 Å². The Balaban J connectivity index is 0.00000133. The standard InChI is InChI=1S/C10H17N5O2S.ClH/c1-14-9(6-12-13-14)18(16,17)15-5-3-10(8-15)2-4-11-7-10;/h6,11H,2-5,7-8H2,1H3;1H. The second-order valence-corrected chi connectivity index (χ2v) is 7.10. The monoisotopic (exact) mass is 307 g/mol. The van der Waals surface area contributed by atoms with Gasteiger partial charge < -0.3 is 5.32 Å². The Kier molecular flexibility index (Phi) is 3.87. The predicted molar refractivity (Wildman–Crippen MR) is 71.5 cm³/mol. The lowest BCUT2D eigenvalue weighted by Crippen LogP contribution is -2.34. The van der Waals surface area contributed by atoms with E-state index in [1.54, 1.807) is 11.4 Å². The predicted octanol–water partition coefficient (Wildman–Crippen LogP) is -0.389. The molecule has 3 heterocycles. The molecule has 1 aromatic heterocycles. The van der Waals surface area contributed by atoms with Gasteiger partial charge in [0.2, 0.25) is 0 Å². The number of hydrogen-bond acceptors (Lipinski definition) is 5. The Morgan fingerprint density at radius 1 is 1.42 bits per heavy atom. The van der Waals surface area contributed by atoms with Crippen LogP contribution in [0.25, 0.3) is 0 Å². The van der Waals surface area contributed by atoms with Gasteiger partial charge in [0.25, 0.3) is 10.0 Å². The minimum absolute atomic E-state index is 0. The molecule has 1 N–H and O–H groups in total. The summed E-state index contributed by atoms with van der Waals surface area (Å²) in [5.41, 5.74) is 0.138. The maximum Gasteiger partial charge on any atom is 0.261 e. The Bertz CT molecular complexity index is 552. The molecular weight excluding hydrogens is 290 g/mol. The molecule has 1 atom stereocenters. The average Bonchev–Trinajstić information content (AvgIpc) is 3.02. The van der Waals surface area contributed by atoms with Crippen molar-refractivity contribution < 1.29 is 8.42 Å². The molecule has 7 nitrogen and oxygen atoms in total. The zero-order valence-electron chi connectivity index (χ0n) is 10.7. The van der Waals surface area contributed by atoms with Crippen molar-refractivity contribution in [3.63, 3.8) is 0 Å². The third kappa shape index (κ3) is 2.37. The van der Waals surface area contributed by atoms with Crippen molar-refractivity contribution in [1.29, 1.82) is 0 Å². The van der Waals surface area contributed by atoms with E-state index in [1.807, 2.05) is 0 Å². The minimum Gasteiger partial charge on any atom is -0.316 e. The summed E-state index contributed by atoms with van der Waals surface area (Å²) in [4.78, 5) is 0. The molecule has 2 saturated heterocycles. The SMILES string of the molecule is Cl.Cn1nncc1S(=O)(=O)N1CCC2(CCNC2)C1. The lowest BCUT2D eigenvalue weighted by atomic mass is 9.87. The normalized spacial score (nSPS) is 27.8. The molecule has 1 unspecified atom stereocenters. The summed E-state index contributed by atoms with van der Waals surface area (Å²) in [5.74, 6) is 0. The van der Waals surface area contributed by atoms with Crippen LogP contribution in [0, 0.1) is 5.41 Å². The van der Waals surface area contributed by atoms with Gasteiger partial charge in [-0.15, -0.1) is 17.5 Å². The summed E-state index contributed by atoms with van der Waals surface area (Å²) in [7, 11) is -1.85. The number of halogens is 1. The van der Waals surface area contributed by atoms with Crippen LogP contribution in [0.4, 0.5) is 0 Å². The van der Waals surface area contributed by atoms with Gasteiger partial charge in [-0.25, -0.2) is 13.1 Å². The molecule has 0 aromatic carbocycles. The lowest BCUT2D eigenvalue weighted by Gasteiger charge is -2.22. The first-order chi connectivity index (χ1) is 8.54. The molecule has 1 aromatic rings. The highest BCUT2D eigenvalue weighted by atomic mass is 35.5. The molecule has 1 spiro atoms. The van der Waals surface area contributed by atoms with Crippen molar-refractivity contribution in [2.75, 3.05) is 26.2 Å². The fourth-order valence-electron chi connectivity index (χ4n) is 2.89. The number of aryl methyl sites for hydroxylation is 1. The Morgan fingerprint density at radius 3 is 2.79 bits per heavy atom. The Labute approximate surface area is 118 Å². The minimum atomic E-state index is -3.45. The molecular formula is C10H18ClN5O2S. The quantitative estimate of drug-likeness (QED) is 0.805. The van der Waals surface area contributed by atoms with Gasteiger partial charge in [0.15, 0.2) is 5.03 Å². The average molecular weight is 308 g/mol. The van der Waals surface area contributed by atoms with Gasteiger partial charge in [-0.2, -0.15) is 4.31 Å². The highest BCUT2D eigenvalue weighted by molar-refractivity contribution is 7.89. The first-order valence-corrected chi connectivity index (χ1v) is 7.53. The van der Waals surface area contributed by atoms with Gasteiger partial charge in [0, 0.05) is 26.7 Å². The summed E-state index contributed by atoms with van der Waals surface area (Å²) in [6.45, 7) is 3.10. The van der Waals surface area contributed by atoms with E-state index in [1.165, 1.54) is 10.9 Å². The van der Waals surface area contributed by atoms with E-state index in [9.17, 15) is 8.42 Å². The number of rotatable bonds is 2. The molecule has 19 heavy (non-hydrogen) atoms. The van der Waals surface area contributed by atoms with Crippen molar-refractivity contribution in [2.45, 2.75) is 17.9 Å². The van der Waals surface area contributed by atoms with E-state index in [0.717, 1.165) is 25.9 Å². The maximum absolute atomic E-state index is 12.5. The van der Waals surface area contributed by atoms with Gasteiger partial charge in [0.05, 0.1) is 6.20 Å². The second kappa shape index (κ2) is 5.01. The van der Waals surface area contributed by atoms with Crippen LogP contribution in [-0.2, 0) is 17.1 Å². The molecule has 0 amide bonds. The number of aromatic nitrogens is 3. The van der Waals surface area contributed by atoms with E-state index in [0.29, 0.717) is 13.1 Å². The maximum atomic E-state index is 12.5. The van der Waals surface area contributed by atoms with Gasteiger partial charge in [0.1, 0.15) is 0 Å². The largest absolute Gasteiger partial charge is 0.316 e. The van der Waals surface area contributed by atoms with Crippen LogP contribution >= 0.6 is 12.4 Å². The molecule has 3 rings (SSSR count). The fourth-order valence-corrected chi connectivity index (χ4v) is 4.48. The summed E-state index contributed by atoms with van der Waals surface area (Å²) in [5, 5.41) is 10.8. The third-order valence-electron chi connectivity index (χ3n) is 4.01. The summed E-state index contributed by atoms with van der Waals surface area (Å²) < 4.78 is 27.8. The van der Waals surface area contributed by atoms with Crippen LogP contribution in [0.3, 0.4) is 0 Å². The van der Waals surface area contributed by atoms with E-state index in [2.05, 4.69) is 15.6 Å². The van der Waals surface area contributed by atoms with Crippen LogP contribution in [0.15, 0.2) is 11.2 Å². The zero-order chi connectivity index (χ0) is 12.8. The van der Waals surface area contributed by atoms with Gasteiger partial charge in [-0.3, -0.25) is 0 Å². The van der Waals surface area contributed by atoms with Crippen LogP contribution in [-0.4, -0.2) is 53.9 Å². The van der Waals surface area contributed by atoms with E-state index < -0.39 is 10.0 Å². The molecule has 2 aliphatic rings. The number of nitrogens with zero attached hydrogens (tertiary/aromatic N) is 4. The van der Waals surface area contributed by atoms with Gasteiger partial charge in [-0.05, 0) is 24.8 Å². The number of sulfonamides is 1. The molecule has 0 radical (unpaired) electrons. The second-order valence-electron chi connectivity index (χ2n) is 5.21. The number of nitrogens with one attached hydrogen (secondary N) is 1. The first-order valence-electron chi connectivity index (χ1n) is 6.09. The molecule has 108 valence electrons. The molecule has 9 heteroatoms. The van der Waals surface area contributed by atoms with E-state index >= 15 is 0 Å². The molecule has 2 fully saturated rings. The zero-order valence-corrected chi connectivity index (χ0v) is 12.4. The smallest absolute Gasteiger partial charge is 0.261 e. The van der Waals surface area contributed by atoms with Crippen molar-refractivity contribution in [2.24, 2.45) is 12.5 Å². The summed E-state index contributed by atoms with van der Waals surface area (Å²) in [6, 6.07) is 0. The van der Waals surface area contributed by atoms with Crippen LogP contribution in [0.5, 0.6) is 0 Å². The Morgan fingerprint density at radius 2 is 2.21 bits per heavy atom. The van der Waals surface area contributed by atoms with Crippen molar-refractivity contribution in [3.05, 3.63) is 6.20 Å². The first kappa shape index (κ1) is 14.7. The van der Waals surface area contributed by atoms with Crippen molar-refractivity contribution >= 4 is 22.4 Å². The van der Waals surface area contributed by atoms with Crippen LogP contribution in [0.2, 0.25) is 0 Å². The summed E-state index contributed by atoms with van der Waals surface area (Å²) >= 11 is 0. The highest BCUT2D eigenvalue weighted by Gasteiger charge is 2.45. The van der Waals surface area contributed by atoms with Crippen molar-refractivity contribution in [3.8, 4) is 0 Å². The molecule has 0 aliphatic carbocycles. The topological polar surface area (TPSA) is 80.1 Å². The van der Waals surface area contributed by atoms with E-state index in [4.69, 9.17) is 0 Å². The third-order valence-corrected chi connectivity index (χ3v) is 5.90. The molecule has 2 aliphatic heterocycles. The van der Waals surface area contributed by atoms with Gasteiger partial charge in [-0.1, -0.05) is 5.21 Å². The Hall–Kier alpha value is -0.700. The van der Waals surface area contributed by atoms with E-state index in [-0.39, 0.29) is 22.8 Å².